The van der Waals surface area contributed by atoms with E-state index in [-0.39, 0.29) is 12.5 Å². The number of hydrogen-bond acceptors (Lipinski definition) is 2. The molecule has 0 bridgehead atoms. The molecule has 0 heterocycles. The average molecular weight is 146 g/mol. The van der Waals surface area contributed by atoms with Crippen molar-refractivity contribution < 1.29 is 10.2 Å². The first-order valence-corrected chi connectivity index (χ1v) is 3.75. The summed E-state index contributed by atoms with van der Waals surface area (Å²) in [7, 11) is 0. The molecule has 0 saturated carbocycles. The van der Waals surface area contributed by atoms with Crippen LogP contribution in [-0.2, 0) is 0 Å². The predicted octanol–water partition coefficient (Wildman–Crippen LogP) is 1.02. The lowest BCUT2D eigenvalue weighted by molar-refractivity contribution is -0.0548. The zero-order valence-electron chi connectivity index (χ0n) is 7.26. The van der Waals surface area contributed by atoms with Gasteiger partial charge < -0.3 is 10.2 Å². The smallest absolute Gasteiger partial charge is 0.0877 e. The molecule has 0 aromatic heterocycles. The van der Waals surface area contributed by atoms with Crippen molar-refractivity contribution in [2.45, 2.75) is 33.3 Å². The molecule has 2 nitrogen and oxygen atoms in total. The Labute approximate surface area is 62.9 Å². The molecular weight excluding hydrogens is 128 g/mol. The molecular formula is C8H18O2. The van der Waals surface area contributed by atoms with Gasteiger partial charge in [-0.2, -0.15) is 0 Å². The second kappa shape index (κ2) is 3.35. The molecule has 0 saturated heterocycles. The minimum atomic E-state index is -0.922. The van der Waals surface area contributed by atoms with E-state index in [2.05, 4.69) is 0 Å². The lowest BCUT2D eigenvalue weighted by atomic mass is 9.83. The summed E-state index contributed by atoms with van der Waals surface area (Å²) in [5, 5.41) is 18.3. The molecule has 0 unspecified atom stereocenters. The van der Waals surface area contributed by atoms with E-state index in [1.165, 1.54) is 0 Å². The highest BCUT2D eigenvalue weighted by atomic mass is 16.3. The first-order valence-electron chi connectivity index (χ1n) is 3.75. The summed E-state index contributed by atoms with van der Waals surface area (Å²) in [5.41, 5.74) is -0.922. The number of aliphatic hydroxyl groups is 2. The maximum atomic E-state index is 9.51. The Morgan fingerprint density at radius 3 is 1.80 bits per heavy atom. The van der Waals surface area contributed by atoms with E-state index in [4.69, 9.17) is 5.11 Å². The zero-order valence-corrected chi connectivity index (χ0v) is 7.26. The fourth-order valence-electron chi connectivity index (χ4n) is 0.862. The average Bonchev–Trinajstić information content (AvgIpc) is 1.86. The second-order valence-electron chi connectivity index (χ2n) is 3.55. The van der Waals surface area contributed by atoms with E-state index in [1.54, 1.807) is 6.92 Å². The largest absolute Gasteiger partial charge is 0.393 e. The highest BCUT2D eigenvalue weighted by Gasteiger charge is 2.29. The maximum Gasteiger partial charge on any atom is 0.0877 e. The molecule has 0 fully saturated rings. The van der Waals surface area contributed by atoms with Crippen LogP contribution in [0.5, 0.6) is 0 Å². The van der Waals surface area contributed by atoms with Gasteiger partial charge in [0.15, 0.2) is 0 Å². The number of rotatable bonds is 3. The van der Waals surface area contributed by atoms with Crippen molar-refractivity contribution in [2.24, 2.45) is 11.8 Å². The molecule has 0 spiro atoms. The van der Waals surface area contributed by atoms with Crippen molar-refractivity contribution in [3.05, 3.63) is 0 Å². The van der Waals surface area contributed by atoms with Crippen LogP contribution in [0, 0.1) is 11.8 Å². The van der Waals surface area contributed by atoms with Gasteiger partial charge in [0.1, 0.15) is 0 Å². The molecule has 0 radical (unpaired) electrons. The quantitative estimate of drug-likeness (QED) is 0.624. The van der Waals surface area contributed by atoms with Gasteiger partial charge in [0.25, 0.3) is 0 Å². The molecule has 2 heteroatoms. The van der Waals surface area contributed by atoms with Gasteiger partial charge in [-0.15, -0.1) is 0 Å². The van der Waals surface area contributed by atoms with E-state index in [9.17, 15) is 5.11 Å². The highest BCUT2D eigenvalue weighted by Crippen LogP contribution is 2.23. The highest BCUT2D eigenvalue weighted by molar-refractivity contribution is 4.79. The maximum absolute atomic E-state index is 9.51. The zero-order chi connectivity index (χ0) is 8.36. The van der Waals surface area contributed by atoms with Crippen molar-refractivity contribution in [3.8, 4) is 0 Å². The number of hydrogen-bond donors (Lipinski definition) is 2. The number of aliphatic hydroxyl groups excluding tert-OH is 1. The molecule has 0 aromatic carbocycles. The van der Waals surface area contributed by atoms with Crippen molar-refractivity contribution in [3.63, 3.8) is 0 Å². The van der Waals surface area contributed by atoms with Crippen LogP contribution in [0.25, 0.3) is 0 Å². The molecule has 62 valence electrons. The molecule has 2 N–H and O–H groups in total. The molecule has 0 aliphatic heterocycles. The fourth-order valence-corrected chi connectivity index (χ4v) is 0.862. The Balaban J connectivity index is 4.03. The van der Waals surface area contributed by atoms with E-state index in [0.29, 0.717) is 5.92 Å². The van der Waals surface area contributed by atoms with Gasteiger partial charge in [0.05, 0.1) is 12.2 Å². The van der Waals surface area contributed by atoms with E-state index >= 15 is 0 Å². The molecule has 0 aliphatic carbocycles. The summed E-state index contributed by atoms with van der Waals surface area (Å²) < 4.78 is 0. The molecule has 10 heavy (non-hydrogen) atoms. The normalized spacial score (nSPS) is 20.7. The van der Waals surface area contributed by atoms with Crippen LogP contribution in [0.1, 0.15) is 27.7 Å². The van der Waals surface area contributed by atoms with Crippen molar-refractivity contribution in [1.29, 1.82) is 0 Å². The van der Waals surface area contributed by atoms with Crippen molar-refractivity contribution in [1.82, 2.24) is 0 Å². The first-order chi connectivity index (χ1) is 4.41. The minimum Gasteiger partial charge on any atom is -0.393 e. The standard InChI is InChI=1S/C8H18O2/c1-6(2)7(3)8(4,10)5-9/h6-7,9-10H,5H2,1-4H3/t7-,8-/m0/s1. The summed E-state index contributed by atoms with van der Waals surface area (Å²) >= 11 is 0. The molecule has 0 amide bonds. The monoisotopic (exact) mass is 146 g/mol. The summed E-state index contributed by atoms with van der Waals surface area (Å²) in [5.74, 6) is 0.541. The summed E-state index contributed by atoms with van der Waals surface area (Å²) in [4.78, 5) is 0. The van der Waals surface area contributed by atoms with Crippen LogP contribution in [0.3, 0.4) is 0 Å². The summed E-state index contributed by atoms with van der Waals surface area (Å²) in [6.07, 6.45) is 0. The van der Waals surface area contributed by atoms with Crippen LogP contribution < -0.4 is 0 Å². The van der Waals surface area contributed by atoms with Crippen LogP contribution in [-0.4, -0.2) is 22.4 Å². The van der Waals surface area contributed by atoms with Crippen LogP contribution in [0.2, 0.25) is 0 Å². The third-order valence-corrected chi connectivity index (χ3v) is 2.30. The van der Waals surface area contributed by atoms with Gasteiger partial charge in [-0.25, -0.2) is 0 Å². The lowest BCUT2D eigenvalue weighted by Gasteiger charge is -2.30. The summed E-state index contributed by atoms with van der Waals surface area (Å²) in [6.45, 7) is 7.52. The van der Waals surface area contributed by atoms with Crippen LogP contribution in [0.15, 0.2) is 0 Å². The van der Waals surface area contributed by atoms with Gasteiger partial charge in [-0.3, -0.25) is 0 Å². The second-order valence-corrected chi connectivity index (χ2v) is 3.55. The first kappa shape index (κ1) is 9.92. The van der Waals surface area contributed by atoms with Gasteiger partial charge in [0.2, 0.25) is 0 Å². The third-order valence-electron chi connectivity index (χ3n) is 2.30. The van der Waals surface area contributed by atoms with Crippen molar-refractivity contribution in [2.75, 3.05) is 6.61 Å². The molecule has 0 rings (SSSR count). The Morgan fingerprint density at radius 1 is 1.30 bits per heavy atom. The topological polar surface area (TPSA) is 40.5 Å². The Morgan fingerprint density at radius 2 is 1.70 bits per heavy atom. The van der Waals surface area contributed by atoms with Crippen LogP contribution in [0.4, 0.5) is 0 Å². The minimum absolute atomic E-state index is 0.137. The Kier molecular flexibility index (Phi) is 3.33. The van der Waals surface area contributed by atoms with Crippen molar-refractivity contribution >= 4 is 0 Å². The van der Waals surface area contributed by atoms with Gasteiger partial charge in [-0.1, -0.05) is 20.8 Å². The third kappa shape index (κ3) is 2.27. The Hall–Kier alpha value is -0.0800. The van der Waals surface area contributed by atoms with E-state index in [0.717, 1.165) is 0 Å². The van der Waals surface area contributed by atoms with E-state index in [1.807, 2.05) is 20.8 Å². The Bertz CT molecular complexity index is 97.4. The van der Waals surface area contributed by atoms with E-state index < -0.39 is 5.60 Å². The predicted molar refractivity (Wildman–Crippen MR) is 41.7 cm³/mol. The van der Waals surface area contributed by atoms with Gasteiger partial charge >= 0.3 is 0 Å². The molecule has 2 atom stereocenters. The molecule has 0 aliphatic rings. The van der Waals surface area contributed by atoms with Crippen LogP contribution >= 0.6 is 0 Å². The molecule has 0 aromatic rings. The van der Waals surface area contributed by atoms with Gasteiger partial charge in [0, 0.05) is 0 Å². The SMILES string of the molecule is CC(C)[C@H](C)[C@@](C)(O)CO. The fraction of sp³-hybridized carbons (Fsp3) is 1.00. The lowest BCUT2D eigenvalue weighted by Crippen LogP contribution is -2.39. The summed E-state index contributed by atoms with van der Waals surface area (Å²) in [6, 6.07) is 0. The van der Waals surface area contributed by atoms with Gasteiger partial charge in [-0.05, 0) is 18.8 Å².